The highest BCUT2D eigenvalue weighted by molar-refractivity contribution is 9.10. The molecular weight excluding hydrogens is 334 g/mol. The zero-order valence-electron chi connectivity index (χ0n) is 11.2. The Labute approximate surface area is 133 Å². The minimum atomic E-state index is -0.181. The van der Waals surface area contributed by atoms with Gasteiger partial charge in [0.2, 0.25) is 0 Å². The summed E-state index contributed by atoms with van der Waals surface area (Å²) in [6, 6.07) is 14.4. The number of rotatable bonds is 3. The van der Waals surface area contributed by atoms with Crippen LogP contribution in [0.3, 0.4) is 0 Å². The SMILES string of the molecule is NC(c1cccc(C2CCC2)c1)c1cccc(Br)c1Cl. The maximum absolute atomic E-state index is 6.41. The van der Waals surface area contributed by atoms with Gasteiger partial charge in [0.05, 0.1) is 11.1 Å². The fraction of sp³-hybridized carbons (Fsp3) is 0.294. The van der Waals surface area contributed by atoms with Crippen LogP contribution in [-0.4, -0.2) is 0 Å². The Balaban J connectivity index is 1.93. The summed E-state index contributed by atoms with van der Waals surface area (Å²) in [7, 11) is 0. The molecule has 0 saturated heterocycles. The fourth-order valence-corrected chi connectivity index (χ4v) is 3.31. The van der Waals surface area contributed by atoms with E-state index in [0.29, 0.717) is 5.02 Å². The van der Waals surface area contributed by atoms with E-state index >= 15 is 0 Å². The third kappa shape index (κ3) is 2.65. The molecule has 1 fully saturated rings. The topological polar surface area (TPSA) is 26.0 Å². The summed E-state index contributed by atoms with van der Waals surface area (Å²) in [5.41, 5.74) is 9.92. The molecule has 0 amide bonds. The van der Waals surface area contributed by atoms with Gasteiger partial charge in [0, 0.05) is 4.47 Å². The lowest BCUT2D eigenvalue weighted by Crippen LogP contribution is -2.14. The van der Waals surface area contributed by atoms with Gasteiger partial charge in [-0.1, -0.05) is 54.4 Å². The molecule has 2 N–H and O–H groups in total. The first-order valence-electron chi connectivity index (χ1n) is 6.96. The summed E-state index contributed by atoms with van der Waals surface area (Å²) in [6.07, 6.45) is 3.95. The van der Waals surface area contributed by atoms with Gasteiger partial charge < -0.3 is 5.73 Å². The number of benzene rings is 2. The van der Waals surface area contributed by atoms with E-state index in [9.17, 15) is 0 Å². The van der Waals surface area contributed by atoms with Crippen molar-refractivity contribution in [3.8, 4) is 0 Å². The van der Waals surface area contributed by atoms with Crippen LogP contribution in [0.2, 0.25) is 5.02 Å². The summed E-state index contributed by atoms with van der Waals surface area (Å²) in [6.45, 7) is 0. The van der Waals surface area contributed by atoms with Crippen molar-refractivity contribution in [3.63, 3.8) is 0 Å². The number of halogens is 2. The quantitative estimate of drug-likeness (QED) is 0.786. The van der Waals surface area contributed by atoms with Gasteiger partial charge in [0.1, 0.15) is 0 Å². The summed E-state index contributed by atoms with van der Waals surface area (Å²) < 4.78 is 0.891. The normalized spacial score (nSPS) is 16.8. The summed E-state index contributed by atoms with van der Waals surface area (Å²) in [4.78, 5) is 0. The highest BCUT2D eigenvalue weighted by Crippen LogP contribution is 2.38. The van der Waals surface area contributed by atoms with E-state index in [1.165, 1.54) is 24.8 Å². The van der Waals surface area contributed by atoms with Crippen molar-refractivity contribution in [2.24, 2.45) is 5.73 Å². The Bertz CT molecular complexity index is 622. The van der Waals surface area contributed by atoms with Gasteiger partial charge in [-0.2, -0.15) is 0 Å². The Kier molecular flexibility index (Phi) is 4.16. The molecule has 1 nitrogen and oxygen atoms in total. The molecule has 1 unspecified atom stereocenters. The molecule has 0 radical (unpaired) electrons. The highest BCUT2D eigenvalue weighted by atomic mass is 79.9. The second-order valence-electron chi connectivity index (χ2n) is 5.42. The molecule has 1 atom stereocenters. The molecule has 3 heteroatoms. The van der Waals surface area contributed by atoms with Crippen LogP contribution in [0.15, 0.2) is 46.9 Å². The molecule has 104 valence electrons. The van der Waals surface area contributed by atoms with Gasteiger partial charge in [-0.3, -0.25) is 0 Å². The van der Waals surface area contributed by atoms with Crippen molar-refractivity contribution in [2.45, 2.75) is 31.2 Å². The van der Waals surface area contributed by atoms with Crippen molar-refractivity contribution in [1.29, 1.82) is 0 Å². The van der Waals surface area contributed by atoms with E-state index in [1.807, 2.05) is 18.2 Å². The van der Waals surface area contributed by atoms with Gasteiger partial charge in [-0.15, -0.1) is 0 Å². The largest absolute Gasteiger partial charge is 0.320 e. The summed E-state index contributed by atoms with van der Waals surface area (Å²) in [5, 5.41) is 0.703. The van der Waals surface area contributed by atoms with Crippen LogP contribution in [0.1, 0.15) is 47.9 Å². The number of hydrogen-bond acceptors (Lipinski definition) is 1. The van der Waals surface area contributed by atoms with Crippen LogP contribution in [0.25, 0.3) is 0 Å². The minimum Gasteiger partial charge on any atom is -0.320 e. The molecule has 20 heavy (non-hydrogen) atoms. The van der Waals surface area contributed by atoms with E-state index in [0.717, 1.165) is 21.5 Å². The molecule has 1 aliphatic carbocycles. The Morgan fingerprint density at radius 1 is 1.15 bits per heavy atom. The second kappa shape index (κ2) is 5.88. The van der Waals surface area contributed by atoms with Crippen LogP contribution < -0.4 is 5.73 Å². The monoisotopic (exact) mass is 349 g/mol. The van der Waals surface area contributed by atoms with Crippen LogP contribution in [-0.2, 0) is 0 Å². The smallest absolute Gasteiger partial charge is 0.0599 e. The lowest BCUT2D eigenvalue weighted by Gasteiger charge is -2.26. The second-order valence-corrected chi connectivity index (χ2v) is 6.65. The van der Waals surface area contributed by atoms with E-state index in [1.54, 1.807) is 0 Å². The van der Waals surface area contributed by atoms with E-state index in [4.69, 9.17) is 17.3 Å². The Morgan fingerprint density at radius 3 is 2.60 bits per heavy atom. The average molecular weight is 351 g/mol. The van der Waals surface area contributed by atoms with Gasteiger partial charge in [-0.05, 0) is 57.4 Å². The van der Waals surface area contributed by atoms with Gasteiger partial charge >= 0.3 is 0 Å². The van der Waals surface area contributed by atoms with Crippen LogP contribution in [0, 0.1) is 0 Å². The van der Waals surface area contributed by atoms with Gasteiger partial charge in [0.25, 0.3) is 0 Å². The highest BCUT2D eigenvalue weighted by Gasteiger charge is 2.21. The lowest BCUT2D eigenvalue weighted by atomic mass is 9.79. The Morgan fingerprint density at radius 2 is 1.90 bits per heavy atom. The Hall–Kier alpha value is -0.830. The fourth-order valence-electron chi connectivity index (χ4n) is 2.69. The first kappa shape index (κ1) is 14.1. The van der Waals surface area contributed by atoms with Crippen molar-refractivity contribution in [2.75, 3.05) is 0 Å². The third-order valence-electron chi connectivity index (χ3n) is 4.16. The zero-order valence-corrected chi connectivity index (χ0v) is 13.5. The molecule has 2 aromatic rings. The molecule has 0 bridgehead atoms. The van der Waals surface area contributed by atoms with E-state index in [-0.39, 0.29) is 6.04 Å². The molecule has 0 heterocycles. The molecule has 0 aromatic heterocycles. The van der Waals surface area contributed by atoms with Crippen molar-refractivity contribution < 1.29 is 0 Å². The molecule has 1 saturated carbocycles. The standard InChI is InChI=1S/C17H17BrClN/c18-15-9-3-8-14(16(15)19)17(20)13-7-2-6-12(10-13)11-4-1-5-11/h2-3,6-11,17H,1,4-5,20H2. The summed E-state index contributed by atoms with van der Waals surface area (Å²) in [5.74, 6) is 0.722. The van der Waals surface area contributed by atoms with E-state index < -0.39 is 0 Å². The first-order valence-corrected chi connectivity index (χ1v) is 8.13. The minimum absolute atomic E-state index is 0.181. The lowest BCUT2D eigenvalue weighted by molar-refractivity contribution is 0.419. The van der Waals surface area contributed by atoms with Crippen LogP contribution in [0.5, 0.6) is 0 Å². The predicted molar refractivity (Wildman–Crippen MR) is 88.2 cm³/mol. The third-order valence-corrected chi connectivity index (χ3v) is 5.47. The van der Waals surface area contributed by atoms with Crippen molar-refractivity contribution in [1.82, 2.24) is 0 Å². The number of hydrogen-bond donors (Lipinski definition) is 1. The maximum Gasteiger partial charge on any atom is 0.0599 e. The molecule has 3 rings (SSSR count). The van der Waals surface area contributed by atoms with Crippen LogP contribution in [0.4, 0.5) is 0 Å². The molecule has 0 spiro atoms. The molecule has 0 aliphatic heterocycles. The molecule has 2 aromatic carbocycles. The average Bonchev–Trinajstić information content (AvgIpc) is 2.40. The molecule has 1 aliphatic rings. The number of nitrogens with two attached hydrogens (primary N) is 1. The summed E-state index contributed by atoms with van der Waals surface area (Å²) >= 11 is 9.81. The van der Waals surface area contributed by atoms with Gasteiger partial charge in [0.15, 0.2) is 0 Å². The first-order chi connectivity index (χ1) is 9.66. The van der Waals surface area contributed by atoms with Crippen LogP contribution >= 0.6 is 27.5 Å². The van der Waals surface area contributed by atoms with Crippen molar-refractivity contribution in [3.05, 3.63) is 68.7 Å². The maximum atomic E-state index is 6.41. The predicted octanol–water partition coefficient (Wildman–Crippen LogP) is 5.42. The zero-order chi connectivity index (χ0) is 14.1. The van der Waals surface area contributed by atoms with Crippen molar-refractivity contribution >= 4 is 27.5 Å². The van der Waals surface area contributed by atoms with E-state index in [2.05, 4.69) is 40.2 Å². The van der Waals surface area contributed by atoms with Gasteiger partial charge in [-0.25, -0.2) is 0 Å². The molecular formula is C17H17BrClN.